The fourth-order valence-electron chi connectivity index (χ4n) is 1.87. The van der Waals surface area contributed by atoms with Gasteiger partial charge in [-0.3, -0.25) is 0 Å². The molecule has 0 saturated heterocycles. The lowest BCUT2D eigenvalue weighted by Crippen LogP contribution is -2.28. The molecule has 0 atom stereocenters. The van der Waals surface area contributed by atoms with Crippen molar-refractivity contribution in [2.75, 3.05) is 12.4 Å². The topological polar surface area (TPSA) is 67.4 Å². The van der Waals surface area contributed by atoms with Crippen molar-refractivity contribution >= 4 is 17.7 Å². The van der Waals surface area contributed by atoms with Crippen molar-refractivity contribution in [1.82, 2.24) is 5.32 Å². The zero-order valence-corrected chi connectivity index (χ0v) is 11.2. The SMILES string of the molecule is COC(=O)c1ccccc1NC(=O)NC1=CCCC=C1.[HH].[HH]. The predicted molar refractivity (Wildman–Crippen MR) is 80.6 cm³/mol. The molecule has 108 valence electrons. The van der Waals surface area contributed by atoms with E-state index in [1.165, 1.54) is 7.11 Å². The summed E-state index contributed by atoms with van der Waals surface area (Å²) in [6.45, 7) is 0. The number of carbonyl (C=O) groups excluding carboxylic acids is 2. The minimum absolute atomic E-state index is 0. The fourth-order valence-corrected chi connectivity index (χ4v) is 1.87. The van der Waals surface area contributed by atoms with Crippen molar-refractivity contribution in [3.05, 3.63) is 53.8 Å². The van der Waals surface area contributed by atoms with Gasteiger partial charge in [0.15, 0.2) is 0 Å². The van der Waals surface area contributed by atoms with Gasteiger partial charge in [0.1, 0.15) is 0 Å². The van der Waals surface area contributed by atoms with E-state index in [2.05, 4.69) is 15.4 Å². The van der Waals surface area contributed by atoms with Crippen molar-refractivity contribution in [2.45, 2.75) is 12.8 Å². The number of hydrogen-bond donors (Lipinski definition) is 2. The van der Waals surface area contributed by atoms with Crippen molar-refractivity contribution < 1.29 is 17.2 Å². The molecule has 0 saturated carbocycles. The average molecular weight is 276 g/mol. The van der Waals surface area contributed by atoms with Crippen molar-refractivity contribution in [3.63, 3.8) is 0 Å². The Bertz CT molecular complexity index is 586. The van der Waals surface area contributed by atoms with Crippen LogP contribution in [0.2, 0.25) is 0 Å². The maximum atomic E-state index is 11.9. The first-order valence-electron chi connectivity index (χ1n) is 6.33. The average Bonchev–Trinajstić information content (AvgIpc) is 2.48. The molecular formula is C15H20N2O3. The molecule has 2 amide bonds. The van der Waals surface area contributed by atoms with Crippen LogP contribution in [0.4, 0.5) is 10.5 Å². The lowest BCUT2D eigenvalue weighted by molar-refractivity contribution is 0.0602. The van der Waals surface area contributed by atoms with E-state index in [4.69, 9.17) is 0 Å². The Morgan fingerprint density at radius 3 is 2.70 bits per heavy atom. The minimum Gasteiger partial charge on any atom is -0.465 e. The summed E-state index contributed by atoms with van der Waals surface area (Å²) in [4.78, 5) is 23.5. The van der Waals surface area contributed by atoms with E-state index in [0.29, 0.717) is 11.3 Å². The number of esters is 1. The maximum absolute atomic E-state index is 11.9. The molecule has 0 bridgehead atoms. The number of anilines is 1. The van der Waals surface area contributed by atoms with Crippen LogP contribution in [0.3, 0.4) is 0 Å². The first-order chi connectivity index (χ1) is 9.70. The standard InChI is InChI=1S/C15H16N2O3.2H2/c1-20-14(18)12-9-5-6-10-13(12)17-15(19)16-11-7-3-2-4-8-11;;/h3,5-10H,2,4H2,1H3,(H2,16,17,19);2*1H. The second kappa shape index (κ2) is 6.56. The number of ether oxygens (including phenoxy) is 1. The molecule has 20 heavy (non-hydrogen) atoms. The molecule has 0 aromatic heterocycles. The predicted octanol–water partition coefficient (Wildman–Crippen LogP) is 3.32. The van der Waals surface area contributed by atoms with E-state index in [1.807, 2.05) is 18.2 Å². The molecule has 1 aliphatic carbocycles. The van der Waals surface area contributed by atoms with Gasteiger partial charge in [-0.1, -0.05) is 24.3 Å². The number of rotatable bonds is 3. The second-order valence-corrected chi connectivity index (χ2v) is 4.26. The first-order valence-corrected chi connectivity index (χ1v) is 6.33. The van der Waals surface area contributed by atoms with E-state index < -0.39 is 5.97 Å². The van der Waals surface area contributed by atoms with E-state index in [9.17, 15) is 9.59 Å². The summed E-state index contributed by atoms with van der Waals surface area (Å²) in [5.74, 6) is -0.488. The van der Waals surface area contributed by atoms with Gasteiger partial charge in [-0.25, -0.2) is 9.59 Å². The van der Waals surface area contributed by atoms with E-state index >= 15 is 0 Å². The number of nitrogens with one attached hydrogen (secondary N) is 2. The van der Waals surface area contributed by atoms with Gasteiger partial charge in [0.2, 0.25) is 0 Å². The zero-order valence-electron chi connectivity index (χ0n) is 11.2. The minimum atomic E-state index is -0.488. The highest BCUT2D eigenvalue weighted by atomic mass is 16.5. The monoisotopic (exact) mass is 276 g/mol. The summed E-state index contributed by atoms with van der Waals surface area (Å²) in [5.41, 5.74) is 1.49. The van der Waals surface area contributed by atoms with E-state index in [0.717, 1.165) is 18.5 Å². The molecule has 2 rings (SSSR count). The number of hydrogen-bond acceptors (Lipinski definition) is 3. The molecule has 1 aromatic carbocycles. The third kappa shape index (κ3) is 3.47. The quantitative estimate of drug-likeness (QED) is 0.832. The molecular weight excluding hydrogens is 256 g/mol. The van der Waals surface area contributed by atoms with Crippen molar-refractivity contribution in [1.29, 1.82) is 0 Å². The second-order valence-electron chi connectivity index (χ2n) is 4.26. The summed E-state index contributed by atoms with van der Waals surface area (Å²) in [6.07, 6.45) is 7.70. The highest BCUT2D eigenvalue weighted by molar-refractivity contribution is 6.01. The van der Waals surface area contributed by atoms with Crippen LogP contribution in [0, 0.1) is 0 Å². The number of urea groups is 1. The number of para-hydroxylation sites is 1. The Morgan fingerprint density at radius 1 is 1.20 bits per heavy atom. The van der Waals surface area contributed by atoms with E-state index in [1.54, 1.807) is 24.3 Å². The normalized spacial score (nSPS) is 13.3. The van der Waals surface area contributed by atoms with Gasteiger partial charge in [0.05, 0.1) is 18.4 Å². The van der Waals surface area contributed by atoms with Crippen LogP contribution in [0.15, 0.2) is 48.2 Å². The third-order valence-electron chi connectivity index (χ3n) is 2.83. The van der Waals surface area contributed by atoms with Gasteiger partial charge >= 0.3 is 12.0 Å². The smallest absolute Gasteiger partial charge is 0.339 e. The summed E-state index contributed by atoms with van der Waals surface area (Å²) < 4.78 is 4.68. The van der Waals surface area contributed by atoms with Crippen molar-refractivity contribution in [2.24, 2.45) is 0 Å². The van der Waals surface area contributed by atoms with Crippen LogP contribution in [0.5, 0.6) is 0 Å². The zero-order chi connectivity index (χ0) is 14.4. The van der Waals surface area contributed by atoms with Gasteiger partial charge in [-0.05, 0) is 31.1 Å². The maximum Gasteiger partial charge on any atom is 0.339 e. The lowest BCUT2D eigenvalue weighted by atomic mass is 10.1. The number of carbonyl (C=O) groups is 2. The van der Waals surface area contributed by atoms with Crippen LogP contribution in [-0.2, 0) is 4.74 Å². The van der Waals surface area contributed by atoms with Gasteiger partial charge < -0.3 is 15.4 Å². The number of allylic oxidation sites excluding steroid dienone is 3. The van der Waals surface area contributed by atoms with Crippen LogP contribution in [-0.4, -0.2) is 19.1 Å². The Kier molecular flexibility index (Phi) is 4.55. The van der Waals surface area contributed by atoms with Crippen LogP contribution >= 0.6 is 0 Å². The Hall–Kier alpha value is -2.56. The number of benzene rings is 1. The Labute approximate surface area is 120 Å². The van der Waals surface area contributed by atoms with Crippen molar-refractivity contribution in [3.8, 4) is 0 Å². The van der Waals surface area contributed by atoms with Gasteiger partial charge in [-0.15, -0.1) is 0 Å². The fraction of sp³-hybridized carbons (Fsp3) is 0.200. The summed E-state index contributed by atoms with van der Waals surface area (Å²) in [5, 5.41) is 5.37. The van der Waals surface area contributed by atoms with Gasteiger partial charge in [0.25, 0.3) is 0 Å². The Balaban J connectivity index is 0.00000220. The third-order valence-corrected chi connectivity index (χ3v) is 2.83. The highest BCUT2D eigenvalue weighted by Gasteiger charge is 2.13. The van der Waals surface area contributed by atoms with Crippen LogP contribution in [0.1, 0.15) is 26.1 Å². The number of methoxy groups -OCH3 is 1. The van der Waals surface area contributed by atoms with E-state index in [-0.39, 0.29) is 8.88 Å². The lowest BCUT2D eigenvalue weighted by Gasteiger charge is -2.12. The molecule has 1 aromatic rings. The molecule has 5 heteroatoms. The molecule has 0 spiro atoms. The molecule has 0 fully saturated rings. The molecule has 0 unspecified atom stereocenters. The molecule has 0 heterocycles. The molecule has 0 aliphatic heterocycles. The molecule has 2 N–H and O–H groups in total. The summed E-state index contributed by atoms with van der Waals surface area (Å²) in [7, 11) is 1.30. The molecule has 0 radical (unpaired) electrons. The number of amides is 2. The van der Waals surface area contributed by atoms with Gasteiger partial charge in [0, 0.05) is 8.55 Å². The molecule has 1 aliphatic rings. The first kappa shape index (κ1) is 13.9. The van der Waals surface area contributed by atoms with Crippen LogP contribution < -0.4 is 10.6 Å². The largest absolute Gasteiger partial charge is 0.465 e. The van der Waals surface area contributed by atoms with Gasteiger partial charge in [-0.2, -0.15) is 0 Å². The van der Waals surface area contributed by atoms with Crippen LogP contribution in [0.25, 0.3) is 0 Å². The molecule has 5 nitrogen and oxygen atoms in total. The summed E-state index contributed by atoms with van der Waals surface area (Å²) in [6, 6.07) is 6.31. The summed E-state index contributed by atoms with van der Waals surface area (Å²) >= 11 is 0. The Morgan fingerprint density at radius 2 is 2.00 bits per heavy atom. The highest BCUT2D eigenvalue weighted by Crippen LogP contribution is 2.16.